The molecule has 0 aliphatic carbocycles. The lowest BCUT2D eigenvalue weighted by Gasteiger charge is -2.00. The minimum absolute atomic E-state index is 0.0810. The summed E-state index contributed by atoms with van der Waals surface area (Å²) in [6.07, 6.45) is 1.39. The summed E-state index contributed by atoms with van der Waals surface area (Å²) in [6, 6.07) is 0. The van der Waals surface area contributed by atoms with Gasteiger partial charge in [-0.15, -0.1) is 10.2 Å². The largest absolute Gasteiger partial charge is 0.329 e. The second-order valence-corrected chi connectivity index (χ2v) is 2.36. The fourth-order valence-corrected chi connectivity index (χ4v) is 1.02. The summed E-state index contributed by atoms with van der Waals surface area (Å²) in [5, 5.41) is 6.29. The van der Waals surface area contributed by atoms with Gasteiger partial charge < -0.3 is 4.57 Å². The van der Waals surface area contributed by atoms with Gasteiger partial charge in [0.05, 0.1) is 6.33 Å². The van der Waals surface area contributed by atoms with E-state index in [1.807, 2.05) is 0 Å². The van der Waals surface area contributed by atoms with Crippen LogP contribution in [0, 0.1) is 0 Å². The van der Waals surface area contributed by atoms with Gasteiger partial charge in [0.25, 0.3) is 0 Å². The lowest BCUT2D eigenvalue weighted by molar-refractivity contribution is 0.0912. The summed E-state index contributed by atoms with van der Waals surface area (Å²) in [5.74, 6) is -1.09. The SMILES string of the molecule is Cn1cnc2c1C(=O)N=NC2=O. The molecule has 6 nitrogen and oxygen atoms in total. The van der Waals surface area contributed by atoms with Gasteiger partial charge in [-0.3, -0.25) is 9.59 Å². The minimum Gasteiger partial charge on any atom is -0.329 e. The molecular formula is C6H4N4O2. The average Bonchev–Trinajstić information content (AvgIpc) is 2.42. The third-order valence-corrected chi connectivity index (χ3v) is 1.57. The van der Waals surface area contributed by atoms with Crippen LogP contribution in [-0.4, -0.2) is 21.4 Å². The molecular weight excluding hydrogens is 160 g/mol. The normalized spacial score (nSPS) is 15.1. The number of imidazole rings is 1. The van der Waals surface area contributed by atoms with E-state index in [0.29, 0.717) is 0 Å². The maximum absolute atomic E-state index is 11.0. The molecule has 1 aliphatic heterocycles. The summed E-state index contributed by atoms with van der Waals surface area (Å²) < 4.78 is 1.45. The molecule has 0 atom stereocenters. The molecule has 0 fully saturated rings. The molecule has 2 amide bonds. The molecule has 1 aliphatic rings. The van der Waals surface area contributed by atoms with Crippen LogP contribution in [0.2, 0.25) is 0 Å². The Morgan fingerprint density at radius 2 is 1.92 bits per heavy atom. The van der Waals surface area contributed by atoms with Crippen LogP contribution in [0.1, 0.15) is 21.0 Å². The first-order valence-electron chi connectivity index (χ1n) is 3.22. The van der Waals surface area contributed by atoms with Crippen molar-refractivity contribution in [2.24, 2.45) is 17.3 Å². The van der Waals surface area contributed by atoms with E-state index in [4.69, 9.17) is 0 Å². The number of hydrogen-bond acceptors (Lipinski definition) is 3. The van der Waals surface area contributed by atoms with Crippen LogP contribution in [0.4, 0.5) is 0 Å². The van der Waals surface area contributed by atoms with Crippen LogP contribution in [0.15, 0.2) is 16.6 Å². The first-order chi connectivity index (χ1) is 5.70. The maximum atomic E-state index is 11.0. The van der Waals surface area contributed by atoms with Crippen molar-refractivity contribution in [1.29, 1.82) is 0 Å². The lowest BCUT2D eigenvalue weighted by atomic mass is 10.3. The first kappa shape index (κ1) is 6.84. The van der Waals surface area contributed by atoms with Crippen LogP contribution in [0.25, 0.3) is 0 Å². The summed E-state index contributed by atoms with van der Waals surface area (Å²) >= 11 is 0. The molecule has 2 rings (SSSR count). The zero-order valence-electron chi connectivity index (χ0n) is 6.18. The Bertz CT molecular complexity index is 404. The zero-order chi connectivity index (χ0) is 8.72. The standard InChI is InChI=1S/C6H4N4O2/c1-10-2-7-3-4(10)6(12)9-8-5(3)11/h2H,1H3. The smallest absolute Gasteiger partial charge is 0.316 e. The highest BCUT2D eigenvalue weighted by Crippen LogP contribution is 2.14. The van der Waals surface area contributed by atoms with Crippen LogP contribution >= 0.6 is 0 Å². The molecule has 0 saturated heterocycles. The lowest BCUT2D eigenvalue weighted by Crippen LogP contribution is -2.13. The molecule has 0 spiro atoms. The number of carbonyl (C=O) groups excluding carboxylic acids is 2. The van der Waals surface area contributed by atoms with Crippen molar-refractivity contribution in [3.8, 4) is 0 Å². The van der Waals surface area contributed by atoms with Crippen molar-refractivity contribution in [1.82, 2.24) is 9.55 Å². The fraction of sp³-hybridized carbons (Fsp3) is 0.167. The van der Waals surface area contributed by atoms with Crippen molar-refractivity contribution < 1.29 is 9.59 Å². The van der Waals surface area contributed by atoms with E-state index in [2.05, 4.69) is 15.2 Å². The Hall–Kier alpha value is -1.85. The molecule has 0 aromatic carbocycles. The summed E-state index contributed by atoms with van der Waals surface area (Å²) in [6.45, 7) is 0. The van der Waals surface area contributed by atoms with Gasteiger partial charge in [0.1, 0.15) is 5.69 Å². The molecule has 12 heavy (non-hydrogen) atoms. The third-order valence-electron chi connectivity index (χ3n) is 1.57. The van der Waals surface area contributed by atoms with Gasteiger partial charge in [-0.25, -0.2) is 4.98 Å². The Balaban J connectivity index is 2.72. The van der Waals surface area contributed by atoms with Crippen molar-refractivity contribution in [2.45, 2.75) is 0 Å². The van der Waals surface area contributed by atoms with Gasteiger partial charge in [-0.2, -0.15) is 0 Å². The second-order valence-electron chi connectivity index (χ2n) is 2.36. The Morgan fingerprint density at radius 1 is 1.25 bits per heavy atom. The summed E-state index contributed by atoms with van der Waals surface area (Å²) in [7, 11) is 1.62. The summed E-state index contributed by atoms with van der Waals surface area (Å²) in [4.78, 5) is 25.7. The van der Waals surface area contributed by atoms with Gasteiger partial charge >= 0.3 is 11.8 Å². The Kier molecular flexibility index (Phi) is 1.18. The third kappa shape index (κ3) is 0.714. The number of fused-ring (bicyclic) bond motifs is 1. The van der Waals surface area contributed by atoms with Crippen LogP contribution in [-0.2, 0) is 7.05 Å². The average molecular weight is 164 g/mol. The predicted octanol–water partition coefficient (Wildman–Crippen LogP) is 0.166. The van der Waals surface area contributed by atoms with E-state index in [-0.39, 0.29) is 11.4 Å². The molecule has 0 unspecified atom stereocenters. The van der Waals surface area contributed by atoms with Crippen molar-refractivity contribution in [3.05, 3.63) is 17.7 Å². The molecule has 0 bridgehead atoms. The topological polar surface area (TPSA) is 76.7 Å². The first-order valence-corrected chi connectivity index (χ1v) is 3.22. The highest BCUT2D eigenvalue weighted by molar-refractivity contribution is 6.08. The molecule has 1 aromatic heterocycles. The molecule has 1 aromatic rings. The van der Waals surface area contributed by atoms with Gasteiger partial charge in [0.15, 0.2) is 5.69 Å². The monoisotopic (exact) mass is 164 g/mol. The van der Waals surface area contributed by atoms with Crippen LogP contribution in [0.5, 0.6) is 0 Å². The van der Waals surface area contributed by atoms with Crippen molar-refractivity contribution in [3.63, 3.8) is 0 Å². The molecule has 0 N–H and O–H groups in total. The van der Waals surface area contributed by atoms with Crippen LogP contribution in [0.3, 0.4) is 0 Å². The molecule has 2 heterocycles. The highest BCUT2D eigenvalue weighted by Gasteiger charge is 2.26. The van der Waals surface area contributed by atoms with E-state index < -0.39 is 11.8 Å². The number of nitrogens with zero attached hydrogens (tertiary/aromatic N) is 4. The summed E-state index contributed by atoms with van der Waals surface area (Å²) in [5.41, 5.74) is 0.285. The molecule has 0 radical (unpaired) electrons. The fourth-order valence-electron chi connectivity index (χ4n) is 1.02. The Labute approximate surface area is 66.9 Å². The van der Waals surface area contributed by atoms with E-state index in [1.165, 1.54) is 10.9 Å². The quantitative estimate of drug-likeness (QED) is 0.548. The van der Waals surface area contributed by atoms with E-state index in [9.17, 15) is 9.59 Å². The van der Waals surface area contributed by atoms with Gasteiger partial charge in [-0.1, -0.05) is 0 Å². The van der Waals surface area contributed by atoms with Gasteiger partial charge in [0, 0.05) is 7.05 Å². The highest BCUT2D eigenvalue weighted by atomic mass is 16.2. The van der Waals surface area contributed by atoms with Crippen molar-refractivity contribution >= 4 is 11.8 Å². The number of aryl methyl sites for hydroxylation is 1. The number of rotatable bonds is 0. The van der Waals surface area contributed by atoms with Gasteiger partial charge in [-0.05, 0) is 0 Å². The van der Waals surface area contributed by atoms with Crippen molar-refractivity contribution in [2.75, 3.05) is 0 Å². The number of azo groups is 1. The van der Waals surface area contributed by atoms with E-state index >= 15 is 0 Å². The van der Waals surface area contributed by atoms with Gasteiger partial charge in [0.2, 0.25) is 0 Å². The molecule has 0 saturated carbocycles. The number of hydrogen-bond donors (Lipinski definition) is 0. The van der Waals surface area contributed by atoms with E-state index in [0.717, 1.165) is 0 Å². The number of carbonyl (C=O) groups is 2. The van der Waals surface area contributed by atoms with E-state index in [1.54, 1.807) is 7.05 Å². The zero-order valence-corrected chi connectivity index (χ0v) is 6.18. The predicted molar refractivity (Wildman–Crippen MR) is 36.7 cm³/mol. The molecule has 6 heteroatoms. The minimum atomic E-state index is -0.565. The molecule has 60 valence electrons. The Morgan fingerprint density at radius 3 is 2.58 bits per heavy atom. The second kappa shape index (κ2) is 2.07. The number of aromatic nitrogens is 2. The number of amides is 2. The maximum Gasteiger partial charge on any atom is 0.316 e. The van der Waals surface area contributed by atoms with Crippen LogP contribution < -0.4 is 0 Å².